The Bertz CT molecular complexity index is 554. The number of rotatable bonds is 5. The molecule has 0 bridgehead atoms. The monoisotopic (exact) mass is 334 g/mol. The first-order valence-electron chi connectivity index (χ1n) is 8.79. The molecule has 1 aromatic rings. The molecule has 1 aliphatic heterocycles. The quantitative estimate of drug-likeness (QED) is 0.899. The molecule has 1 amide bonds. The third-order valence-electron chi connectivity index (χ3n) is 4.89. The van der Waals surface area contributed by atoms with Crippen molar-refractivity contribution in [2.75, 3.05) is 33.3 Å². The van der Waals surface area contributed by atoms with E-state index in [-0.39, 0.29) is 12.1 Å². The van der Waals surface area contributed by atoms with Crippen LogP contribution in [0.25, 0.3) is 0 Å². The molecule has 1 fully saturated rings. The molecule has 5 heteroatoms. The van der Waals surface area contributed by atoms with Crippen LogP contribution >= 0.6 is 0 Å². The average molecular weight is 334 g/mol. The molecule has 5 nitrogen and oxygen atoms in total. The first-order valence-corrected chi connectivity index (χ1v) is 8.79. The highest BCUT2D eigenvalue weighted by molar-refractivity contribution is 5.67. The number of hydrogen-bond acceptors (Lipinski definition) is 4. The zero-order chi connectivity index (χ0) is 17.7. The third kappa shape index (κ3) is 4.71. The Hall–Kier alpha value is -1.59. The van der Waals surface area contributed by atoms with Gasteiger partial charge in [-0.1, -0.05) is 23.8 Å². The molecule has 134 valence electrons. The number of ether oxygens (including phenoxy) is 1. The number of carbonyl (C=O) groups excluding carboxylic acids is 1. The fourth-order valence-electron chi connectivity index (χ4n) is 3.33. The van der Waals surface area contributed by atoms with Gasteiger partial charge in [-0.2, -0.15) is 0 Å². The highest BCUT2D eigenvalue weighted by Gasteiger charge is 2.27. The minimum absolute atomic E-state index is 0.221. The lowest BCUT2D eigenvalue weighted by molar-refractivity contribution is 0.0612. The lowest BCUT2D eigenvalue weighted by Gasteiger charge is -2.37. The summed E-state index contributed by atoms with van der Waals surface area (Å²) in [6.07, 6.45) is 1.11. The van der Waals surface area contributed by atoms with E-state index in [0.717, 1.165) is 37.1 Å². The summed E-state index contributed by atoms with van der Waals surface area (Å²) in [7, 11) is 1.81. The number of hydrogen-bond donors (Lipinski definition) is 1. The second-order valence-electron chi connectivity index (χ2n) is 6.72. The third-order valence-corrected chi connectivity index (χ3v) is 4.89. The van der Waals surface area contributed by atoms with Crippen LogP contribution < -0.4 is 0 Å². The van der Waals surface area contributed by atoms with Gasteiger partial charge >= 0.3 is 6.09 Å². The maximum atomic E-state index is 11.8. The number of aliphatic hydroxyl groups excluding tert-OH is 1. The summed E-state index contributed by atoms with van der Waals surface area (Å²) in [5, 5.41) is 10.6. The molecule has 1 aromatic carbocycles. The molecular weight excluding hydrogens is 304 g/mol. The Morgan fingerprint density at radius 3 is 2.67 bits per heavy atom. The molecule has 24 heavy (non-hydrogen) atoms. The van der Waals surface area contributed by atoms with Gasteiger partial charge in [-0.3, -0.25) is 0 Å². The number of carbonyl (C=O) groups is 1. The van der Waals surface area contributed by atoms with E-state index >= 15 is 0 Å². The number of amides is 1. The first kappa shape index (κ1) is 18.7. The first-order chi connectivity index (χ1) is 11.4. The molecule has 0 spiro atoms. The molecule has 0 aromatic heterocycles. The van der Waals surface area contributed by atoms with Crippen LogP contribution in [0.1, 0.15) is 42.6 Å². The lowest BCUT2D eigenvalue weighted by Crippen LogP contribution is -2.46. The Balaban J connectivity index is 1.86. The van der Waals surface area contributed by atoms with Crippen molar-refractivity contribution in [3.8, 4) is 0 Å². The highest BCUT2D eigenvalue weighted by atomic mass is 16.6. The van der Waals surface area contributed by atoms with E-state index in [9.17, 15) is 9.90 Å². The molecule has 0 aliphatic carbocycles. The van der Waals surface area contributed by atoms with E-state index in [4.69, 9.17) is 4.74 Å². The molecule has 1 aliphatic rings. The van der Waals surface area contributed by atoms with Gasteiger partial charge in [-0.15, -0.1) is 0 Å². The van der Waals surface area contributed by atoms with Crippen molar-refractivity contribution in [2.45, 2.75) is 45.8 Å². The number of β-amino-alcohol motifs (C(OH)–C–C–N with tert-alkyl or cyclic N) is 1. The smallest absolute Gasteiger partial charge is 0.409 e. The van der Waals surface area contributed by atoms with E-state index in [1.807, 2.05) is 27.8 Å². The van der Waals surface area contributed by atoms with Crippen LogP contribution in [0.3, 0.4) is 0 Å². The summed E-state index contributed by atoms with van der Waals surface area (Å²) in [5.74, 6) is 0. The van der Waals surface area contributed by atoms with Crippen molar-refractivity contribution >= 4 is 6.09 Å². The van der Waals surface area contributed by atoms with Gasteiger partial charge < -0.3 is 19.6 Å². The van der Waals surface area contributed by atoms with Gasteiger partial charge in [0.1, 0.15) is 0 Å². The Morgan fingerprint density at radius 1 is 1.38 bits per heavy atom. The SMILES string of the molecule is CCOC(=O)N(C)C1CCN(CC(O)c2cc(C)ccc2C)CC1. The van der Waals surface area contributed by atoms with E-state index in [2.05, 4.69) is 23.1 Å². The molecule has 1 atom stereocenters. The van der Waals surface area contributed by atoms with Gasteiger partial charge in [0.25, 0.3) is 0 Å². The molecule has 0 saturated carbocycles. The van der Waals surface area contributed by atoms with Crippen molar-refractivity contribution in [3.05, 3.63) is 34.9 Å². The summed E-state index contributed by atoms with van der Waals surface area (Å²) in [6.45, 7) is 8.73. The van der Waals surface area contributed by atoms with E-state index in [0.29, 0.717) is 13.2 Å². The van der Waals surface area contributed by atoms with E-state index < -0.39 is 6.10 Å². The molecule has 0 radical (unpaired) electrons. The van der Waals surface area contributed by atoms with Crippen LogP contribution in [0.2, 0.25) is 0 Å². The second-order valence-corrected chi connectivity index (χ2v) is 6.72. The van der Waals surface area contributed by atoms with Gasteiger partial charge in [-0.25, -0.2) is 4.79 Å². The number of nitrogens with zero attached hydrogens (tertiary/aromatic N) is 2. The van der Waals surface area contributed by atoms with Crippen molar-refractivity contribution in [3.63, 3.8) is 0 Å². The molecule has 1 unspecified atom stereocenters. The topological polar surface area (TPSA) is 53.0 Å². The Kier molecular flexibility index (Phi) is 6.63. The molecular formula is C19H30N2O3. The minimum Gasteiger partial charge on any atom is -0.450 e. The van der Waals surface area contributed by atoms with Crippen LogP contribution in [0.15, 0.2) is 18.2 Å². The van der Waals surface area contributed by atoms with Crippen LogP contribution in [-0.2, 0) is 4.74 Å². The molecule has 2 rings (SSSR count). The van der Waals surface area contributed by atoms with E-state index in [1.54, 1.807) is 4.90 Å². The fourth-order valence-corrected chi connectivity index (χ4v) is 3.33. The summed E-state index contributed by atoms with van der Waals surface area (Å²) in [4.78, 5) is 15.8. The van der Waals surface area contributed by atoms with Crippen molar-refractivity contribution in [1.82, 2.24) is 9.80 Å². The summed E-state index contributed by atoms with van der Waals surface area (Å²) in [6, 6.07) is 6.43. The van der Waals surface area contributed by atoms with Crippen LogP contribution in [0, 0.1) is 13.8 Å². The fraction of sp³-hybridized carbons (Fsp3) is 0.632. The second kappa shape index (κ2) is 8.49. The van der Waals surface area contributed by atoms with Crippen LogP contribution in [0.5, 0.6) is 0 Å². The average Bonchev–Trinajstić information content (AvgIpc) is 2.57. The zero-order valence-corrected chi connectivity index (χ0v) is 15.3. The van der Waals surface area contributed by atoms with Crippen molar-refractivity contribution in [1.29, 1.82) is 0 Å². The van der Waals surface area contributed by atoms with Gasteiger partial charge in [0.05, 0.1) is 12.7 Å². The number of likely N-dealkylation sites (tertiary alicyclic amines) is 1. The zero-order valence-electron chi connectivity index (χ0n) is 15.3. The lowest BCUT2D eigenvalue weighted by atomic mass is 9.99. The van der Waals surface area contributed by atoms with Crippen LogP contribution in [-0.4, -0.2) is 60.3 Å². The van der Waals surface area contributed by atoms with Gasteiger partial charge in [0.15, 0.2) is 0 Å². The van der Waals surface area contributed by atoms with Crippen molar-refractivity contribution < 1.29 is 14.6 Å². The highest BCUT2D eigenvalue weighted by Crippen LogP contribution is 2.23. The Labute approximate surface area is 145 Å². The number of aryl methyl sites for hydroxylation is 2. The normalized spacial score (nSPS) is 17.5. The number of aliphatic hydroxyl groups is 1. The minimum atomic E-state index is -0.468. The number of benzene rings is 1. The number of piperidine rings is 1. The predicted octanol–water partition coefficient (Wildman–Crippen LogP) is 2.89. The largest absolute Gasteiger partial charge is 0.450 e. The standard InChI is InChI=1S/C19H30N2O3/c1-5-24-19(23)20(4)16-8-10-21(11-9-16)13-18(22)17-12-14(2)6-7-15(17)3/h6-7,12,16,18,22H,5,8-11,13H2,1-4H3. The van der Waals surface area contributed by atoms with Gasteiger partial charge in [0.2, 0.25) is 0 Å². The summed E-state index contributed by atoms with van der Waals surface area (Å²) in [5.41, 5.74) is 3.32. The van der Waals surface area contributed by atoms with Crippen LogP contribution in [0.4, 0.5) is 4.79 Å². The Morgan fingerprint density at radius 2 is 2.04 bits per heavy atom. The maximum absolute atomic E-state index is 11.8. The predicted molar refractivity (Wildman–Crippen MR) is 95.1 cm³/mol. The maximum Gasteiger partial charge on any atom is 0.409 e. The van der Waals surface area contributed by atoms with Gasteiger partial charge in [0, 0.05) is 32.7 Å². The molecule has 1 N–H and O–H groups in total. The molecule has 1 heterocycles. The van der Waals surface area contributed by atoms with E-state index in [1.165, 1.54) is 5.56 Å². The summed E-state index contributed by atoms with van der Waals surface area (Å²) < 4.78 is 5.06. The summed E-state index contributed by atoms with van der Waals surface area (Å²) >= 11 is 0. The van der Waals surface area contributed by atoms with Crippen molar-refractivity contribution in [2.24, 2.45) is 0 Å². The molecule has 1 saturated heterocycles. The van der Waals surface area contributed by atoms with Gasteiger partial charge in [-0.05, 0) is 44.7 Å².